The van der Waals surface area contributed by atoms with Crippen LogP contribution in [0.15, 0.2) is 0 Å². The zero-order valence-electron chi connectivity index (χ0n) is 9.49. The van der Waals surface area contributed by atoms with Crippen LogP contribution in [0.4, 0.5) is 13.2 Å². The quantitative estimate of drug-likeness (QED) is 0.888. The van der Waals surface area contributed by atoms with E-state index in [0.29, 0.717) is 12.8 Å². The molecule has 0 saturated heterocycles. The van der Waals surface area contributed by atoms with E-state index in [1.165, 1.54) is 7.11 Å². The lowest BCUT2D eigenvalue weighted by Gasteiger charge is -2.22. The third kappa shape index (κ3) is 1.96. The van der Waals surface area contributed by atoms with Crippen molar-refractivity contribution in [1.82, 2.24) is 9.55 Å². The molecule has 0 radical (unpaired) electrons. The van der Waals surface area contributed by atoms with Crippen molar-refractivity contribution in [1.29, 1.82) is 0 Å². The molecular formula is C10H11F3N2O3. The van der Waals surface area contributed by atoms with Crippen LogP contribution in [0.1, 0.15) is 41.0 Å². The molecule has 1 aliphatic heterocycles. The van der Waals surface area contributed by atoms with Crippen molar-refractivity contribution in [3.05, 3.63) is 17.2 Å². The first-order chi connectivity index (χ1) is 8.36. The predicted molar refractivity (Wildman–Crippen MR) is 53.2 cm³/mol. The molecule has 0 saturated carbocycles. The number of aromatic nitrogens is 2. The number of nitrogens with zero attached hydrogens (tertiary/aromatic N) is 2. The largest absolute Gasteiger partial charge is 0.477 e. The average Bonchev–Trinajstić information content (AvgIpc) is 2.67. The van der Waals surface area contributed by atoms with Crippen LogP contribution in [0.25, 0.3) is 0 Å². The maximum atomic E-state index is 12.7. The predicted octanol–water partition coefficient (Wildman–Crippen LogP) is 2.08. The van der Waals surface area contributed by atoms with Gasteiger partial charge >= 0.3 is 12.1 Å². The van der Waals surface area contributed by atoms with Crippen molar-refractivity contribution in [2.45, 2.75) is 31.7 Å². The van der Waals surface area contributed by atoms with Gasteiger partial charge in [-0.15, -0.1) is 0 Å². The van der Waals surface area contributed by atoms with Gasteiger partial charge in [-0.1, -0.05) is 0 Å². The minimum atomic E-state index is -4.78. The normalized spacial score (nSPS) is 19.7. The smallest absolute Gasteiger partial charge is 0.435 e. The fourth-order valence-electron chi connectivity index (χ4n) is 2.14. The molecule has 8 heteroatoms. The summed E-state index contributed by atoms with van der Waals surface area (Å²) < 4.78 is 44.4. The molecule has 0 bridgehead atoms. The van der Waals surface area contributed by atoms with Crippen LogP contribution in [0.2, 0.25) is 0 Å². The van der Waals surface area contributed by atoms with Gasteiger partial charge in [-0.3, -0.25) is 0 Å². The summed E-state index contributed by atoms with van der Waals surface area (Å²) in [5.74, 6) is -1.59. The van der Waals surface area contributed by atoms with Crippen LogP contribution < -0.4 is 0 Å². The number of methoxy groups -OCH3 is 1. The second-order valence-corrected chi connectivity index (χ2v) is 3.99. The second-order valence-electron chi connectivity index (χ2n) is 3.99. The molecular weight excluding hydrogens is 253 g/mol. The summed E-state index contributed by atoms with van der Waals surface area (Å²) in [6.07, 6.45) is -4.28. The molecule has 1 N–H and O–H groups in total. The van der Waals surface area contributed by atoms with E-state index in [-0.39, 0.29) is 12.4 Å². The molecule has 100 valence electrons. The number of imidazole rings is 1. The van der Waals surface area contributed by atoms with Gasteiger partial charge in [0, 0.05) is 13.7 Å². The Balaban J connectivity index is 2.63. The van der Waals surface area contributed by atoms with Crippen molar-refractivity contribution >= 4 is 5.97 Å². The van der Waals surface area contributed by atoms with E-state index in [2.05, 4.69) is 4.98 Å². The monoisotopic (exact) mass is 264 g/mol. The summed E-state index contributed by atoms with van der Waals surface area (Å²) in [5, 5.41) is 8.93. The molecule has 1 aliphatic rings. The SMILES string of the molecule is COC1CCCn2c1nc(C(F)(F)F)c2C(=O)O. The first-order valence-electron chi connectivity index (χ1n) is 5.30. The van der Waals surface area contributed by atoms with Crippen molar-refractivity contribution < 1.29 is 27.8 Å². The highest BCUT2D eigenvalue weighted by Gasteiger charge is 2.43. The van der Waals surface area contributed by atoms with Crippen LogP contribution in [0, 0.1) is 0 Å². The third-order valence-electron chi connectivity index (χ3n) is 2.89. The molecule has 2 heterocycles. The van der Waals surface area contributed by atoms with Crippen LogP contribution in [-0.2, 0) is 17.5 Å². The Kier molecular flexibility index (Phi) is 3.05. The molecule has 1 atom stereocenters. The first kappa shape index (κ1) is 12.9. The highest BCUT2D eigenvalue weighted by atomic mass is 19.4. The zero-order valence-corrected chi connectivity index (χ0v) is 9.49. The Morgan fingerprint density at radius 2 is 2.22 bits per heavy atom. The van der Waals surface area contributed by atoms with Crippen LogP contribution in [0.5, 0.6) is 0 Å². The van der Waals surface area contributed by atoms with Gasteiger partial charge in [0.1, 0.15) is 11.9 Å². The lowest BCUT2D eigenvalue weighted by atomic mass is 10.1. The number of carboxylic acids is 1. The minimum Gasteiger partial charge on any atom is -0.477 e. The topological polar surface area (TPSA) is 64.4 Å². The molecule has 1 unspecified atom stereocenters. The number of carbonyl (C=O) groups is 1. The number of fused-ring (bicyclic) bond motifs is 1. The number of alkyl halides is 3. The molecule has 5 nitrogen and oxygen atoms in total. The number of aromatic carboxylic acids is 1. The van der Waals surface area contributed by atoms with Gasteiger partial charge in [0.05, 0.1) is 0 Å². The summed E-state index contributed by atoms with van der Waals surface area (Å²) in [6.45, 7) is 0.208. The lowest BCUT2D eigenvalue weighted by molar-refractivity contribution is -0.141. The summed E-state index contributed by atoms with van der Waals surface area (Å²) in [6, 6.07) is 0. The van der Waals surface area contributed by atoms with E-state index in [9.17, 15) is 18.0 Å². The molecule has 18 heavy (non-hydrogen) atoms. The third-order valence-corrected chi connectivity index (χ3v) is 2.89. The van der Waals surface area contributed by atoms with E-state index < -0.39 is 29.6 Å². The van der Waals surface area contributed by atoms with Gasteiger partial charge in [-0.25, -0.2) is 9.78 Å². The van der Waals surface area contributed by atoms with Crippen molar-refractivity contribution in [3.63, 3.8) is 0 Å². The van der Waals surface area contributed by atoms with Gasteiger partial charge in [0.25, 0.3) is 0 Å². The van der Waals surface area contributed by atoms with Crippen molar-refractivity contribution in [3.8, 4) is 0 Å². The second kappa shape index (κ2) is 4.27. The Morgan fingerprint density at radius 3 is 2.72 bits per heavy atom. The van der Waals surface area contributed by atoms with Gasteiger partial charge in [-0.05, 0) is 12.8 Å². The fraction of sp³-hybridized carbons (Fsp3) is 0.600. The Hall–Kier alpha value is -1.57. The first-order valence-corrected chi connectivity index (χ1v) is 5.30. The van der Waals surface area contributed by atoms with E-state index in [0.717, 1.165) is 4.57 Å². The maximum absolute atomic E-state index is 12.7. The summed E-state index contributed by atoms with van der Waals surface area (Å²) in [4.78, 5) is 14.4. The van der Waals surface area contributed by atoms with E-state index in [1.54, 1.807) is 0 Å². The van der Waals surface area contributed by atoms with Gasteiger partial charge in [0.15, 0.2) is 11.4 Å². The van der Waals surface area contributed by atoms with Crippen LogP contribution >= 0.6 is 0 Å². The number of hydrogen-bond acceptors (Lipinski definition) is 3. The van der Waals surface area contributed by atoms with E-state index in [4.69, 9.17) is 9.84 Å². The summed E-state index contributed by atoms with van der Waals surface area (Å²) >= 11 is 0. The van der Waals surface area contributed by atoms with E-state index >= 15 is 0 Å². The maximum Gasteiger partial charge on any atom is 0.435 e. The minimum absolute atomic E-state index is 0.0356. The molecule has 1 aromatic heterocycles. The number of hydrogen-bond donors (Lipinski definition) is 1. The molecule has 0 fully saturated rings. The standard InChI is InChI=1S/C10H11F3N2O3/c1-18-5-3-2-4-15-6(9(16)17)7(10(11,12)13)14-8(5)15/h5H,2-4H2,1H3,(H,16,17). The molecule has 2 rings (SSSR count). The highest BCUT2D eigenvalue weighted by molar-refractivity contribution is 5.87. The molecule has 0 aromatic carbocycles. The highest BCUT2D eigenvalue weighted by Crippen LogP contribution is 2.36. The summed E-state index contributed by atoms with van der Waals surface area (Å²) in [7, 11) is 1.36. The fourth-order valence-corrected chi connectivity index (χ4v) is 2.14. The van der Waals surface area contributed by atoms with Crippen molar-refractivity contribution in [2.75, 3.05) is 7.11 Å². The van der Waals surface area contributed by atoms with Gasteiger partial charge in [0.2, 0.25) is 0 Å². The molecule has 0 spiro atoms. The molecule has 1 aromatic rings. The van der Waals surface area contributed by atoms with E-state index in [1.807, 2.05) is 0 Å². The Bertz CT molecular complexity index is 481. The van der Waals surface area contributed by atoms with Crippen LogP contribution in [0.3, 0.4) is 0 Å². The number of ether oxygens (including phenoxy) is 1. The number of halogens is 3. The number of rotatable bonds is 2. The Morgan fingerprint density at radius 1 is 1.56 bits per heavy atom. The molecule has 0 aliphatic carbocycles. The lowest BCUT2D eigenvalue weighted by Crippen LogP contribution is -2.21. The van der Waals surface area contributed by atoms with Crippen LogP contribution in [-0.4, -0.2) is 27.7 Å². The van der Waals surface area contributed by atoms with Crippen molar-refractivity contribution in [2.24, 2.45) is 0 Å². The molecule has 0 amide bonds. The Labute approximate surface area is 100 Å². The summed E-state index contributed by atoms with van der Waals surface area (Å²) in [5.41, 5.74) is -2.16. The zero-order chi connectivity index (χ0) is 13.5. The van der Waals surface area contributed by atoms with Gasteiger partial charge < -0.3 is 14.4 Å². The average molecular weight is 264 g/mol. The number of carboxylic acid groups (broad SMARTS) is 1. The van der Waals surface area contributed by atoms with Gasteiger partial charge in [-0.2, -0.15) is 13.2 Å².